The molecule has 2 aromatic rings. The van der Waals surface area contributed by atoms with Crippen LogP contribution in [0.2, 0.25) is 0 Å². The summed E-state index contributed by atoms with van der Waals surface area (Å²) in [5, 5.41) is 0. The molecule has 2 rings (SSSR count). The molecule has 0 amide bonds. The van der Waals surface area contributed by atoms with E-state index >= 15 is 0 Å². The van der Waals surface area contributed by atoms with Gasteiger partial charge in [-0.25, -0.2) is 0 Å². The number of Topliss-reactive ketones (excluding diaryl/α,β-unsaturated/α-hetero) is 2. The molecule has 0 unspecified atom stereocenters. The van der Waals surface area contributed by atoms with Crippen molar-refractivity contribution in [2.45, 2.75) is 81.8 Å². The van der Waals surface area contributed by atoms with Gasteiger partial charge < -0.3 is 11.5 Å². The van der Waals surface area contributed by atoms with Gasteiger partial charge in [0.25, 0.3) is 0 Å². The zero-order valence-corrected chi connectivity index (χ0v) is 24.1. The number of carbonyl (C=O) groups is 2. The van der Waals surface area contributed by atoms with Crippen LogP contribution in [-0.2, 0) is 22.4 Å². The predicted molar refractivity (Wildman–Crippen MR) is 158 cm³/mol. The highest BCUT2D eigenvalue weighted by Gasteiger charge is 2.47. The molecule has 2 aromatic carbocycles. The van der Waals surface area contributed by atoms with E-state index in [9.17, 15) is 9.59 Å². The van der Waals surface area contributed by atoms with Crippen molar-refractivity contribution in [2.24, 2.45) is 11.5 Å². The maximum Gasteiger partial charge on any atom is 0.177 e. The Morgan fingerprint density at radius 3 is 1.39 bits per heavy atom. The van der Waals surface area contributed by atoms with Crippen LogP contribution in [0.25, 0.3) is 0 Å². The number of rotatable bonds is 19. The van der Waals surface area contributed by atoms with Gasteiger partial charge in [0, 0.05) is 0 Å². The van der Waals surface area contributed by atoms with Gasteiger partial charge >= 0.3 is 0 Å². The molecule has 0 saturated heterocycles. The van der Waals surface area contributed by atoms with Crippen LogP contribution < -0.4 is 11.5 Å². The minimum absolute atomic E-state index is 0.181. The fourth-order valence-corrected chi connectivity index (χ4v) is 5.09. The van der Waals surface area contributed by atoms with Gasteiger partial charge in [-0.05, 0) is 71.5 Å². The third-order valence-corrected chi connectivity index (χ3v) is 7.55. The van der Waals surface area contributed by atoms with E-state index in [2.05, 4.69) is 0 Å². The van der Waals surface area contributed by atoms with Gasteiger partial charge in [-0.1, -0.05) is 99.2 Å². The summed E-state index contributed by atoms with van der Waals surface area (Å²) in [6.07, 6.45) is 8.72. The van der Waals surface area contributed by atoms with Crippen molar-refractivity contribution < 1.29 is 9.59 Å². The molecule has 0 saturated carbocycles. The van der Waals surface area contributed by atoms with Gasteiger partial charge in [0.2, 0.25) is 0 Å². The quantitative estimate of drug-likeness (QED) is 0.212. The van der Waals surface area contributed by atoms with Crippen molar-refractivity contribution >= 4 is 11.6 Å². The van der Waals surface area contributed by atoms with E-state index in [-0.39, 0.29) is 11.6 Å². The van der Waals surface area contributed by atoms with Gasteiger partial charge in [0.1, 0.15) is 5.54 Å². The maximum absolute atomic E-state index is 14.3. The number of ketones is 2. The number of hydrogen-bond acceptors (Lipinski definition) is 6. The first-order chi connectivity index (χ1) is 18.2. The minimum Gasteiger partial charge on any atom is -0.330 e. The molecule has 0 radical (unpaired) electrons. The lowest BCUT2D eigenvalue weighted by molar-refractivity contribution is -0.140. The number of nitrogens with zero attached hydrogens (tertiary/aromatic N) is 2. The Labute approximate surface area is 230 Å². The summed E-state index contributed by atoms with van der Waals surface area (Å²) in [5.41, 5.74) is 13.1. The summed E-state index contributed by atoms with van der Waals surface area (Å²) in [7, 11) is 7.58. The van der Waals surface area contributed by atoms with Crippen LogP contribution in [0, 0.1) is 0 Å². The minimum atomic E-state index is -1.55. The molecule has 0 fully saturated rings. The highest BCUT2D eigenvalue weighted by Crippen LogP contribution is 2.25. The number of hydrogen-bond donors (Lipinski definition) is 2. The first-order valence-corrected chi connectivity index (χ1v) is 14.2. The van der Waals surface area contributed by atoms with E-state index in [1.807, 2.05) is 98.7 Å². The van der Waals surface area contributed by atoms with Crippen molar-refractivity contribution in [3.8, 4) is 0 Å². The first kappa shape index (κ1) is 31.8. The molecule has 6 nitrogen and oxygen atoms in total. The van der Waals surface area contributed by atoms with E-state index in [1.165, 1.54) is 6.42 Å². The molecule has 2 atom stereocenters. The van der Waals surface area contributed by atoms with Crippen molar-refractivity contribution in [3.05, 3.63) is 71.8 Å². The van der Waals surface area contributed by atoms with Crippen LogP contribution >= 0.6 is 0 Å². The Kier molecular flexibility index (Phi) is 13.9. The highest BCUT2D eigenvalue weighted by molar-refractivity contribution is 6.15. The molecular formula is C32H50N4O2. The monoisotopic (exact) mass is 522 g/mol. The summed E-state index contributed by atoms with van der Waals surface area (Å²) in [4.78, 5) is 32.3. The topological polar surface area (TPSA) is 92.7 Å². The van der Waals surface area contributed by atoms with E-state index in [1.54, 1.807) is 0 Å². The van der Waals surface area contributed by atoms with E-state index < -0.39 is 17.6 Å². The van der Waals surface area contributed by atoms with Crippen LogP contribution in [0.3, 0.4) is 0 Å². The van der Waals surface area contributed by atoms with Gasteiger partial charge in [-0.15, -0.1) is 0 Å². The van der Waals surface area contributed by atoms with E-state index in [4.69, 9.17) is 11.5 Å². The zero-order valence-electron chi connectivity index (χ0n) is 24.1. The van der Waals surface area contributed by atoms with Crippen molar-refractivity contribution in [1.29, 1.82) is 0 Å². The molecule has 4 N–H and O–H groups in total. The number of benzene rings is 2. The smallest absolute Gasteiger partial charge is 0.177 e. The lowest BCUT2D eigenvalue weighted by atomic mass is 9.76. The Hall–Kier alpha value is -2.38. The molecule has 0 bridgehead atoms. The Morgan fingerprint density at radius 2 is 1.03 bits per heavy atom. The standard InChI is InChI=1S/C32H50N4O2/c1-35(2)28(24-26-18-12-10-13-19-26)30(37)32(34,22-16-8-6-5-7-9-17-23-33)31(38)29(36(3)4)25-27-20-14-11-15-21-27/h10-15,18-21,28-29H,5-9,16-17,22-25,33-34H2,1-4H3/t28-,29-/m0/s1. The molecule has 0 aliphatic rings. The number of unbranched alkanes of at least 4 members (excludes halogenated alkanes) is 6. The summed E-state index contributed by atoms with van der Waals surface area (Å²) in [5.74, 6) is -0.363. The third-order valence-electron chi connectivity index (χ3n) is 7.55. The number of carbonyl (C=O) groups excluding carboxylic acids is 2. The molecule has 0 aliphatic carbocycles. The lowest BCUT2D eigenvalue weighted by Gasteiger charge is -2.37. The number of likely N-dealkylation sites (N-methyl/N-ethyl adjacent to an activating group) is 2. The van der Waals surface area contributed by atoms with Gasteiger partial charge in [-0.2, -0.15) is 0 Å². The normalized spacial score (nSPS) is 13.6. The largest absolute Gasteiger partial charge is 0.330 e. The van der Waals surface area contributed by atoms with Crippen molar-refractivity contribution in [3.63, 3.8) is 0 Å². The average molecular weight is 523 g/mol. The van der Waals surface area contributed by atoms with Gasteiger partial charge in [0.05, 0.1) is 12.1 Å². The average Bonchev–Trinajstić information content (AvgIpc) is 2.91. The maximum atomic E-state index is 14.3. The SMILES string of the molecule is CN(C)[C@@H](Cc1ccccc1)C(=O)C(N)(CCCCCCCCCN)C(=O)[C@H](Cc1ccccc1)N(C)C. The first-order valence-electron chi connectivity index (χ1n) is 14.2. The van der Waals surface area contributed by atoms with Crippen LogP contribution in [0.4, 0.5) is 0 Å². The highest BCUT2D eigenvalue weighted by atomic mass is 16.2. The Bertz CT molecular complexity index is 881. The molecule has 0 spiro atoms. The van der Waals surface area contributed by atoms with Crippen LogP contribution in [0.5, 0.6) is 0 Å². The zero-order chi connectivity index (χ0) is 28.0. The summed E-state index contributed by atoms with van der Waals surface area (Å²) in [6, 6.07) is 18.9. The van der Waals surface area contributed by atoms with Gasteiger partial charge in [-0.3, -0.25) is 19.4 Å². The summed E-state index contributed by atoms with van der Waals surface area (Å²) in [6.45, 7) is 0.742. The predicted octanol–water partition coefficient (Wildman–Crippen LogP) is 4.25. The van der Waals surface area contributed by atoms with Gasteiger partial charge in [0.15, 0.2) is 11.6 Å². The second-order valence-corrected chi connectivity index (χ2v) is 11.1. The summed E-state index contributed by atoms with van der Waals surface area (Å²) < 4.78 is 0. The van der Waals surface area contributed by atoms with Crippen LogP contribution in [-0.4, -0.2) is 73.7 Å². The fraction of sp³-hybridized carbons (Fsp3) is 0.562. The van der Waals surface area contributed by atoms with Crippen LogP contribution in [0.1, 0.15) is 62.5 Å². The van der Waals surface area contributed by atoms with Crippen molar-refractivity contribution in [1.82, 2.24) is 9.80 Å². The fourth-order valence-electron chi connectivity index (χ4n) is 5.09. The number of nitrogens with two attached hydrogens (primary N) is 2. The molecule has 0 aliphatic heterocycles. The molecule has 6 heteroatoms. The molecule has 0 aromatic heterocycles. The molecule has 0 heterocycles. The molecule has 38 heavy (non-hydrogen) atoms. The molecule has 210 valence electrons. The Morgan fingerprint density at radius 1 is 0.658 bits per heavy atom. The molecular weight excluding hydrogens is 472 g/mol. The second kappa shape index (κ2) is 16.6. The van der Waals surface area contributed by atoms with Crippen molar-refractivity contribution in [2.75, 3.05) is 34.7 Å². The lowest BCUT2D eigenvalue weighted by Crippen LogP contribution is -2.65. The summed E-state index contributed by atoms with van der Waals surface area (Å²) >= 11 is 0. The third kappa shape index (κ3) is 9.73. The van der Waals surface area contributed by atoms with E-state index in [0.717, 1.165) is 56.2 Å². The second-order valence-electron chi connectivity index (χ2n) is 11.1. The van der Waals surface area contributed by atoms with Crippen LogP contribution in [0.15, 0.2) is 60.7 Å². The van der Waals surface area contributed by atoms with E-state index in [0.29, 0.717) is 19.3 Å². The Balaban J connectivity index is 2.27.